The van der Waals surface area contributed by atoms with Crippen LogP contribution < -0.4 is 5.32 Å². The molecule has 1 saturated heterocycles. The SMILES string of the molecule is O=C1CN(C(=O)c2cc(Cl)nc(Cl)c2)CCN1. The van der Waals surface area contributed by atoms with E-state index in [0.717, 1.165) is 0 Å². The first-order valence-corrected chi connectivity index (χ1v) is 5.71. The fraction of sp³-hybridized carbons (Fsp3) is 0.300. The van der Waals surface area contributed by atoms with Gasteiger partial charge in [0.05, 0.1) is 6.54 Å². The maximum Gasteiger partial charge on any atom is 0.254 e. The van der Waals surface area contributed by atoms with Gasteiger partial charge in [-0.3, -0.25) is 9.59 Å². The summed E-state index contributed by atoms with van der Waals surface area (Å²) in [5.41, 5.74) is 0.338. The summed E-state index contributed by atoms with van der Waals surface area (Å²) in [7, 11) is 0. The van der Waals surface area contributed by atoms with Crippen molar-refractivity contribution < 1.29 is 9.59 Å². The number of piperazine rings is 1. The Balaban J connectivity index is 2.21. The molecule has 0 unspecified atom stereocenters. The highest BCUT2D eigenvalue weighted by atomic mass is 35.5. The minimum absolute atomic E-state index is 0.0520. The number of hydrogen-bond acceptors (Lipinski definition) is 3. The predicted molar refractivity (Wildman–Crippen MR) is 63.2 cm³/mol. The second kappa shape index (κ2) is 4.89. The molecule has 0 aliphatic carbocycles. The molecule has 0 saturated carbocycles. The molecule has 1 aliphatic heterocycles. The van der Waals surface area contributed by atoms with Crippen LogP contribution in [0.2, 0.25) is 10.3 Å². The van der Waals surface area contributed by atoms with Crippen LogP contribution in [0.15, 0.2) is 12.1 Å². The number of aromatic nitrogens is 1. The van der Waals surface area contributed by atoms with E-state index in [1.807, 2.05) is 0 Å². The summed E-state index contributed by atoms with van der Waals surface area (Å²) in [6, 6.07) is 2.87. The molecule has 7 heteroatoms. The zero-order chi connectivity index (χ0) is 12.4. The van der Waals surface area contributed by atoms with E-state index in [-0.39, 0.29) is 28.7 Å². The average Bonchev–Trinajstić information content (AvgIpc) is 2.26. The van der Waals surface area contributed by atoms with Gasteiger partial charge in [0, 0.05) is 18.7 Å². The van der Waals surface area contributed by atoms with Crippen LogP contribution in [0.25, 0.3) is 0 Å². The molecule has 0 bridgehead atoms. The molecule has 0 radical (unpaired) electrons. The van der Waals surface area contributed by atoms with Crippen LogP contribution in [0.4, 0.5) is 0 Å². The van der Waals surface area contributed by atoms with Crippen molar-refractivity contribution in [2.75, 3.05) is 19.6 Å². The van der Waals surface area contributed by atoms with Crippen molar-refractivity contribution in [1.29, 1.82) is 0 Å². The molecule has 1 aliphatic rings. The molecule has 90 valence electrons. The van der Waals surface area contributed by atoms with E-state index < -0.39 is 0 Å². The maximum absolute atomic E-state index is 12.1. The van der Waals surface area contributed by atoms with Crippen molar-refractivity contribution in [3.8, 4) is 0 Å². The van der Waals surface area contributed by atoms with Crippen molar-refractivity contribution in [1.82, 2.24) is 15.2 Å². The van der Waals surface area contributed by atoms with Gasteiger partial charge in [-0.15, -0.1) is 0 Å². The highest BCUT2D eigenvalue weighted by Gasteiger charge is 2.22. The number of amides is 2. The lowest BCUT2D eigenvalue weighted by Crippen LogP contribution is -2.49. The normalized spacial score (nSPS) is 15.6. The number of carbonyl (C=O) groups is 2. The van der Waals surface area contributed by atoms with Gasteiger partial charge < -0.3 is 10.2 Å². The van der Waals surface area contributed by atoms with Gasteiger partial charge in [0.2, 0.25) is 5.91 Å². The summed E-state index contributed by atoms with van der Waals surface area (Å²) in [6.45, 7) is 0.982. The molecule has 0 aromatic carbocycles. The van der Waals surface area contributed by atoms with E-state index in [2.05, 4.69) is 10.3 Å². The molecule has 17 heavy (non-hydrogen) atoms. The summed E-state index contributed by atoms with van der Waals surface area (Å²) >= 11 is 11.4. The minimum Gasteiger partial charge on any atom is -0.353 e. The van der Waals surface area contributed by atoms with E-state index >= 15 is 0 Å². The molecule has 0 spiro atoms. The molecule has 2 rings (SSSR count). The quantitative estimate of drug-likeness (QED) is 0.776. The molecule has 0 atom stereocenters. The minimum atomic E-state index is -0.272. The first kappa shape index (κ1) is 12.1. The zero-order valence-corrected chi connectivity index (χ0v) is 10.3. The molecule has 1 fully saturated rings. The molecule has 1 N–H and O–H groups in total. The highest BCUT2D eigenvalue weighted by molar-refractivity contribution is 6.33. The first-order valence-electron chi connectivity index (χ1n) is 4.95. The number of rotatable bonds is 1. The van der Waals surface area contributed by atoms with Crippen LogP contribution >= 0.6 is 23.2 Å². The fourth-order valence-corrected chi connectivity index (χ4v) is 2.04. The van der Waals surface area contributed by atoms with Crippen LogP contribution in [0.1, 0.15) is 10.4 Å². The second-order valence-electron chi connectivity index (χ2n) is 3.58. The number of pyridine rings is 1. The van der Waals surface area contributed by atoms with Gasteiger partial charge in [-0.2, -0.15) is 0 Å². The highest BCUT2D eigenvalue weighted by Crippen LogP contribution is 2.16. The van der Waals surface area contributed by atoms with E-state index in [1.54, 1.807) is 0 Å². The molecule has 2 amide bonds. The molecule has 1 aromatic heterocycles. The molecule has 2 heterocycles. The lowest BCUT2D eigenvalue weighted by atomic mass is 10.2. The van der Waals surface area contributed by atoms with E-state index in [1.165, 1.54) is 17.0 Å². The predicted octanol–water partition coefficient (Wildman–Crippen LogP) is 0.960. The lowest BCUT2D eigenvalue weighted by molar-refractivity contribution is -0.123. The Hall–Kier alpha value is -1.33. The summed E-state index contributed by atoms with van der Waals surface area (Å²) in [5.74, 6) is -0.443. The van der Waals surface area contributed by atoms with Gasteiger partial charge >= 0.3 is 0 Å². The van der Waals surface area contributed by atoms with E-state index in [4.69, 9.17) is 23.2 Å². The number of halogens is 2. The molecule has 1 aromatic rings. The topological polar surface area (TPSA) is 62.3 Å². The van der Waals surface area contributed by atoms with Crippen molar-refractivity contribution in [3.63, 3.8) is 0 Å². The Bertz CT molecular complexity index is 458. The number of carbonyl (C=O) groups excluding carboxylic acids is 2. The average molecular weight is 274 g/mol. The third-order valence-corrected chi connectivity index (χ3v) is 2.72. The Morgan fingerprint density at radius 2 is 2.00 bits per heavy atom. The maximum atomic E-state index is 12.1. The third kappa shape index (κ3) is 2.87. The van der Waals surface area contributed by atoms with Crippen LogP contribution in [0.5, 0.6) is 0 Å². The largest absolute Gasteiger partial charge is 0.353 e. The Morgan fingerprint density at radius 3 is 2.59 bits per heavy atom. The van der Waals surface area contributed by atoms with Crippen molar-refractivity contribution >= 4 is 35.0 Å². The third-order valence-electron chi connectivity index (χ3n) is 2.34. The standard InChI is InChI=1S/C10H9Cl2N3O2/c11-7-3-6(4-8(12)14-7)10(17)15-2-1-13-9(16)5-15/h3-4H,1-2,5H2,(H,13,16). The molecule has 5 nitrogen and oxygen atoms in total. The van der Waals surface area contributed by atoms with Gasteiger partial charge in [-0.1, -0.05) is 23.2 Å². The van der Waals surface area contributed by atoms with Gasteiger partial charge in [0.15, 0.2) is 0 Å². The number of hydrogen-bond donors (Lipinski definition) is 1. The van der Waals surface area contributed by atoms with Crippen molar-refractivity contribution in [2.24, 2.45) is 0 Å². The monoisotopic (exact) mass is 273 g/mol. The summed E-state index contributed by atoms with van der Waals surface area (Å²) in [6.07, 6.45) is 0. The Labute approximate surface area is 108 Å². The number of nitrogens with zero attached hydrogens (tertiary/aromatic N) is 2. The van der Waals surface area contributed by atoms with Crippen molar-refractivity contribution in [3.05, 3.63) is 28.0 Å². The summed E-state index contributed by atoms with van der Waals surface area (Å²) < 4.78 is 0. The van der Waals surface area contributed by atoms with Gasteiger partial charge in [-0.25, -0.2) is 4.98 Å². The zero-order valence-electron chi connectivity index (χ0n) is 8.74. The van der Waals surface area contributed by atoms with Crippen LogP contribution in [-0.4, -0.2) is 41.3 Å². The number of nitrogens with one attached hydrogen (secondary N) is 1. The van der Waals surface area contributed by atoms with Crippen LogP contribution in [0.3, 0.4) is 0 Å². The summed E-state index contributed by atoms with van der Waals surface area (Å²) in [4.78, 5) is 28.4. The fourth-order valence-electron chi connectivity index (χ4n) is 1.58. The van der Waals surface area contributed by atoms with Crippen LogP contribution in [0, 0.1) is 0 Å². The van der Waals surface area contributed by atoms with E-state index in [0.29, 0.717) is 18.7 Å². The smallest absolute Gasteiger partial charge is 0.254 e. The Kier molecular flexibility index (Phi) is 3.49. The Morgan fingerprint density at radius 1 is 1.35 bits per heavy atom. The van der Waals surface area contributed by atoms with Gasteiger partial charge in [0.1, 0.15) is 10.3 Å². The second-order valence-corrected chi connectivity index (χ2v) is 4.35. The van der Waals surface area contributed by atoms with Gasteiger partial charge in [0.25, 0.3) is 5.91 Å². The van der Waals surface area contributed by atoms with Crippen molar-refractivity contribution in [2.45, 2.75) is 0 Å². The summed E-state index contributed by atoms with van der Waals surface area (Å²) in [5, 5.41) is 2.95. The lowest BCUT2D eigenvalue weighted by Gasteiger charge is -2.26. The first-order chi connectivity index (χ1) is 8.06. The van der Waals surface area contributed by atoms with Gasteiger partial charge in [-0.05, 0) is 12.1 Å². The molecular formula is C10H9Cl2N3O2. The van der Waals surface area contributed by atoms with E-state index in [9.17, 15) is 9.59 Å². The molecular weight excluding hydrogens is 265 g/mol. The van der Waals surface area contributed by atoms with Crippen LogP contribution in [-0.2, 0) is 4.79 Å².